The second kappa shape index (κ2) is 4.85. The summed E-state index contributed by atoms with van der Waals surface area (Å²) in [5.74, 6) is 1.24. The first-order valence-electron chi connectivity index (χ1n) is 6.42. The van der Waals surface area contributed by atoms with Crippen molar-refractivity contribution in [1.82, 2.24) is 0 Å². The van der Waals surface area contributed by atoms with E-state index in [2.05, 4.69) is 0 Å². The van der Waals surface area contributed by atoms with E-state index in [0.29, 0.717) is 11.5 Å². The Balaban J connectivity index is 2.04. The summed E-state index contributed by atoms with van der Waals surface area (Å²) in [7, 11) is 0. The van der Waals surface area contributed by atoms with Crippen LogP contribution < -0.4 is 4.74 Å². The average Bonchev–Trinajstić information content (AvgIpc) is 2.47. The zero-order chi connectivity index (χ0) is 14.1. The third-order valence-electron chi connectivity index (χ3n) is 3.37. The Morgan fingerprint density at radius 1 is 1.15 bits per heavy atom. The SMILES string of the molecule is Cc1ccc2c(c1)C(C=O)C=C(c1ccc(O)cc1)O2. The summed E-state index contributed by atoms with van der Waals surface area (Å²) >= 11 is 0. The molecule has 0 bridgehead atoms. The van der Waals surface area contributed by atoms with Crippen molar-refractivity contribution < 1.29 is 14.6 Å². The van der Waals surface area contributed by atoms with Crippen LogP contribution in [0, 0.1) is 6.92 Å². The van der Waals surface area contributed by atoms with Crippen LogP contribution in [0.5, 0.6) is 11.5 Å². The van der Waals surface area contributed by atoms with E-state index >= 15 is 0 Å². The molecule has 0 saturated carbocycles. The third-order valence-corrected chi connectivity index (χ3v) is 3.37. The number of allylic oxidation sites excluding steroid dienone is 1. The van der Waals surface area contributed by atoms with Gasteiger partial charge in [-0.1, -0.05) is 17.7 Å². The van der Waals surface area contributed by atoms with Crippen molar-refractivity contribution in [3.8, 4) is 11.5 Å². The van der Waals surface area contributed by atoms with Crippen LogP contribution in [0.25, 0.3) is 5.76 Å². The van der Waals surface area contributed by atoms with Gasteiger partial charge in [0, 0.05) is 11.1 Å². The standard InChI is InChI=1S/C17H14O3/c1-11-2-7-16-15(8-11)13(10-18)9-17(20-16)12-3-5-14(19)6-4-12/h2-10,13,19H,1H3. The highest BCUT2D eigenvalue weighted by molar-refractivity contribution is 5.77. The maximum Gasteiger partial charge on any atom is 0.131 e. The first kappa shape index (κ1) is 12.5. The fraction of sp³-hybridized carbons (Fsp3) is 0.118. The van der Waals surface area contributed by atoms with Gasteiger partial charge in [0.25, 0.3) is 0 Å². The van der Waals surface area contributed by atoms with Crippen LogP contribution in [0.3, 0.4) is 0 Å². The van der Waals surface area contributed by atoms with Crippen LogP contribution in [-0.4, -0.2) is 11.4 Å². The number of aryl methyl sites for hydroxylation is 1. The van der Waals surface area contributed by atoms with Crippen LogP contribution in [0.1, 0.15) is 22.6 Å². The van der Waals surface area contributed by atoms with Crippen LogP contribution in [0.4, 0.5) is 0 Å². The van der Waals surface area contributed by atoms with E-state index in [-0.39, 0.29) is 11.7 Å². The molecule has 1 atom stereocenters. The number of aldehydes is 1. The molecule has 3 heteroatoms. The molecular weight excluding hydrogens is 252 g/mol. The van der Waals surface area contributed by atoms with Gasteiger partial charge in [0.05, 0.1) is 5.92 Å². The number of phenols is 1. The molecule has 0 aliphatic carbocycles. The van der Waals surface area contributed by atoms with Gasteiger partial charge in [-0.15, -0.1) is 0 Å². The second-order valence-electron chi connectivity index (χ2n) is 4.88. The lowest BCUT2D eigenvalue weighted by molar-refractivity contribution is -0.108. The number of fused-ring (bicyclic) bond motifs is 1. The summed E-state index contributed by atoms with van der Waals surface area (Å²) in [5.41, 5.74) is 2.82. The lowest BCUT2D eigenvalue weighted by Gasteiger charge is -2.22. The molecule has 2 aromatic carbocycles. The molecule has 0 radical (unpaired) electrons. The Kier molecular flexibility index (Phi) is 3.03. The van der Waals surface area contributed by atoms with Crippen molar-refractivity contribution in [3.63, 3.8) is 0 Å². The van der Waals surface area contributed by atoms with Crippen molar-refractivity contribution in [2.75, 3.05) is 0 Å². The Labute approximate surface area is 117 Å². The second-order valence-corrected chi connectivity index (χ2v) is 4.88. The first-order chi connectivity index (χ1) is 9.67. The molecule has 2 aromatic rings. The van der Waals surface area contributed by atoms with Gasteiger partial charge in [-0.05, 0) is 43.3 Å². The Bertz CT molecular complexity index is 684. The molecule has 0 spiro atoms. The number of carbonyl (C=O) groups is 1. The lowest BCUT2D eigenvalue weighted by atomic mass is 9.94. The minimum atomic E-state index is -0.303. The summed E-state index contributed by atoms with van der Waals surface area (Å²) in [5, 5.41) is 9.33. The fourth-order valence-corrected chi connectivity index (χ4v) is 2.32. The van der Waals surface area contributed by atoms with Gasteiger partial charge in [0.15, 0.2) is 0 Å². The predicted molar refractivity (Wildman–Crippen MR) is 76.7 cm³/mol. The van der Waals surface area contributed by atoms with E-state index in [9.17, 15) is 9.90 Å². The molecule has 1 unspecified atom stereocenters. The highest BCUT2D eigenvalue weighted by Gasteiger charge is 2.22. The number of phenolic OH excluding ortho intramolecular Hbond substituents is 1. The molecule has 1 heterocycles. The van der Waals surface area contributed by atoms with E-state index < -0.39 is 0 Å². The highest BCUT2D eigenvalue weighted by atomic mass is 16.5. The quantitative estimate of drug-likeness (QED) is 0.847. The summed E-state index contributed by atoms with van der Waals surface area (Å²) < 4.78 is 5.87. The molecule has 0 fully saturated rings. The van der Waals surface area contributed by atoms with Gasteiger partial charge in [-0.3, -0.25) is 0 Å². The molecule has 0 aromatic heterocycles. The van der Waals surface area contributed by atoms with Crippen molar-refractivity contribution in [3.05, 3.63) is 65.2 Å². The van der Waals surface area contributed by atoms with Crippen LogP contribution >= 0.6 is 0 Å². The Hall–Kier alpha value is -2.55. The van der Waals surface area contributed by atoms with E-state index in [1.807, 2.05) is 25.1 Å². The molecular formula is C17H14O3. The fourth-order valence-electron chi connectivity index (χ4n) is 2.32. The van der Waals surface area contributed by atoms with Crippen LogP contribution in [0.2, 0.25) is 0 Å². The maximum atomic E-state index is 11.3. The lowest BCUT2D eigenvalue weighted by Crippen LogP contribution is -2.10. The topological polar surface area (TPSA) is 46.5 Å². The van der Waals surface area contributed by atoms with Crippen molar-refractivity contribution >= 4 is 12.0 Å². The molecule has 20 heavy (non-hydrogen) atoms. The minimum absolute atomic E-state index is 0.202. The monoisotopic (exact) mass is 266 g/mol. The number of hydrogen-bond donors (Lipinski definition) is 1. The number of carbonyl (C=O) groups excluding carboxylic acids is 1. The van der Waals surface area contributed by atoms with E-state index in [1.165, 1.54) is 0 Å². The normalized spacial score (nSPS) is 16.9. The zero-order valence-electron chi connectivity index (χ0n) is 11.0. The molecule has 100 valence electrons. The molecule has 3 nitrogen and oxygen atoms in total. The summed E-state index contributed by atoms with van der Waals surface area (Å²) in [6.07, 6.45) is 2.72. The zero-order valence-corrected chi connectivity index (χ0v) is 11.0. The van der Waals surface area contributed by atoms with E-state index in [4.69, 9.17) is 4.74 Å². The van der Waals surface area contributed by atoms with Crippen molar-refractivity contribution in [2.24, 2.45) is 0 Å². The summed E-state index contributed by atoms with van der Waals surface area (Å²) in [6.45, 7) is 1.99. The summed E-state index contributed by atoms with van der Waals surface area (Å²) in [4.78, 5) is 11.3. The number of benzene rings is 2. The molecule has 0 saturated heterocycles. The van der Waals surface area contributed by atoms with Gasteiger partial charge < -0.3 is 14.6 Å². The third kappa shape index (κ3) is 2.18. The van der Waals surface area contributed by atoms with E-state index in [0.717, 1.165) is 23.0 Å². The van der Waals surface area contributed by atoms with E-state index in [1.54, 1.807) is 30.3 Å². The van der Waals surface area contributed by atoms with Gasteiger partial charge in [0.1, 0.15) is 23.5 Å². The van der Waals surface area contributed by atoms with Crippen LogP contribution in [0.15, 0.2) is 48.5 Å². The first-order valence-corrected chi connectivity index (χ1v) is 6.42. The number of rotatable bonds is 2. The van der Waals surface area contributed by atoms with Crippen molar-refractivity contribution in [2.45, 2.75) is 12.8 Å². The Morgan fingerprint density at radius 2 is 1.90 bits per heavy atom. The van der Waals surface area contributed by atoms with Gasteiger partial charge in [-0.2, -0.15) is 0 Å². The van der Waals surface area contributed by atoms with Crippen molar-refractivity contribution in [1.29, 1.82) is 0 Å². The van der Waals surface area contributed by atoms with Crippen LogP contribution in [-0.2, 0) is 4.79 Å². The molecule has 1 N–H and O–H groups in total. The van der Waals surface area contributed by atoms with Gasteiger partial charge in [-0.25, -0.2) is 0 Å². The number of ether oxygens (including phenoxy) is 1. The molecule has 3 rings (SSSR count). The molecule has 1 aliphatic rings. The summed E-state index contributed by atoms with van der Waals surface area (Å²) in [6, 6.07) is 12.5. The molecule has 1 aliphatic heterocycles. The Morgan fingerprint density at radius 3 is 2.60 bits per heavy atom. The predicted octanol–water partition coefficient (Wildman–Crippen LogP) is 3.42. The number of aromatic hydroxyl groups is 1. The number of hydrogen-bond acceptors (Lipinski definition) is 3. The molecule has 0 amide bonds. The largest absolute Gasteiger partial charge is 0.508 e. The van der Waals surface area contributed by atoms with Gasteiger partial charge in [0.2, 0.25) is 0 Å². The maximum absolute atomic E-state index is 11.3. The average molecular weight is 266 g/mol. The van der Waals surface area contributed by atoms with Gasteiger partial charge >= 0.3 is 0 Å². The smallest absolute Gasteiger partial charge is 0.131 e. The minimum Gasteiger partial charge on any atom is -0.508 e. The highest BCUT2D eigenvalue weighted by Crippen LogP contribution is 2.37.